The van der Waals surface area contributed by atoms with E-state index in [1.807, 2.05) is 11.8 Å². The predicted molar refractivity (Wildman–Crippen MR) is 107 cm³/mol. The first-order valence-electron chi connectivity index (χ1n) is 9.83. The van der Waals surface area contributed by atoms with Crippen molar-refractivity contribution in [3.05, 3.63) is 23.5 Å². The van der Waals surface area contributed by atoms with E-state index in [-0.39, 0.29) is 29.2 Å². The average molecular weight is 389 g/mol. The van der Waals surface area contributed by atoms with Gasteiger partial charge in [0.05, 0.1) is 5.69 Å². The Labute approximate surface area is 166 Å². The summed E-state index contributed by atoms with van der Waals surface area (Å²) in [5, 5.41) is 2.69. The number of rotatable bonds is 5. The zero-order valence-electron chi connectivity index (χ0n) is 17.7. The van der Waals surface area contributed by atoms with E-state index < -0.39 is 11.7 Å². The zero-order valence-corrected chi connectivity index (χ0v) is 17.7. The fourth-order valence-corrected chi connectivity index (χ4v) is 3.18. The highest BCUT2D eigenvalue weighted by Crippen LogP contribution is 2.30. The number of Topliss-reactive ketones (excluding diaryl/α,β-unsaturated/α-hetero) is 1. The topological polar surface area (TPSA) is 88.6 Å². The molecule has 0 bridgehead atoms. The molecule has 28 heavy (non-hydrogen) atoms. The molecule has 0 spiro atoms. The number of carbonyl (C=O) groups is 3. The van der Waals surface area contributed by atoms with Crippen molar-refractivity contribution in [3.63, 3.8) is 0 Å². The smallest absolute Gasteiger partial charge is 0.412 e. The molecule has 2 amide bonds. The van der Waals surface area contributed by atoms with Crippen LogP contribution in [0.4, 0.5) is 10.5 Å². The SMILES string of the molecule is CCN1CC(c2cnc(C(=O)C(C)C)c(NC(=O)OC(C)(C)C)c2)CCC1=O. The van der Waals surface area contributed by atoms with Gasteiger partial charge in [0.2, 0.25) is 5.91 Å². The van der Waals surface area contributed by atoms with Crippen LogP contribution in [0.3, 0.4) is 0 Å². The van der Waals surface area contributed by atoms with Crippen molar-refractivity contribution >= 4 is 23.5 Å². The van der Waals surface area contributed by atoms with Gasteiger partial charge in [0, 0.05) is 37.5 Å². The number of piperidine rings is 1. The zero-order chi connectivity index (χ0) is 21.1. The van der Waals surface area contributed by atoms with Crippen LogP contribution in [0.2, 0.25) is 0 Å². The van der Waals surface area contributed by atoms with E-state index in [0.29, 0.717) is 25.2 Å². The van der Waals surface area contributed by atoms with E-state index in [1.54, 1.807) is 46.9 Å². The summed E-state index contributed by atoms with van der Waals surface area (Å²) in [6.45, 7) is 12.1. The molecule has 1 atom stereocenters. The number of anilines is 1. The second-order valence-electron chi connectivity index (χ2n) is 8.48. The number of nitrogens with zero attached hydrogens (tertiary/aromatic N) is 2. The number of likely N-dealkylation sites (tertiary alicyclic amines) is 1. The number of hydrogen-bond donors (Lipinski definition) is 1. The highest BCUT2D eigenvalue weighted by Gasteiger charge is 2.28. The first kappa shape index (κ1) is 21.9. The monoisotopic (exact) mass is 389 g/mol. The fraction of sp³-hybridized carbons (Fsp3) is 0.619. The minimum atomic E-state index is -0.650. The number of ketones is 1. The van der Waals surface area contributed by atoms with Crippen LogP contribution in [0, 0.1) is 5.92 Å². The van der Waals surface area contributed by atoms with Gasteiger partial charge in [0.25, 0.3) is 0 Å². The number of aromatic nitrogens is 1. The molecule has 0 aliphatic carbocycles. The molecule has 0 saturated carbocycles. The lowest BCUT2D eigenvalue weighted by atomic mass is 9.90. The molecule has 2 heterocycles. The Kier molecular flexibility index (Phi) is 6.80. The summed E-state index contributed by atoms with van der Waals surface area (Å²) in [5.41, 5.74) is 0.828. The Balaban J connectivity index is 2.33. The summed E-state index contributed by atoms with van der Waals surface area (Å²) in [4.78, 5) is 43.0. The Morgan fingerprint density at radius 2 is 2.04 bits per heavy atom. The maximum absolute atomic E-state index is 12.6. The Morgan fingerprint density at radius 3 is 2.61 bits per heavy atom. The summed E-state index contributed by atoms with van der Waals surface area (Å²) in [6.07, 6.45) is 2.27. The highest BCUT2D eigenvalue weighted by molar-refractivity contribution is 6.03. The Morgan fingerprint density at radius 1 is 1.36 bits per heavy atom. The molecule has 0 aromatic carbocycles. The first-order valence-corrected chi connectivity index (χ1v) is 9.83. The normalized spacial score (nSPS) is 17.6. The first-order chi connectivity index (χ1) is 13.0. The number of ether oxygens (including phenoxy) is 1. The third-order valence-electron chi connectivity index (χ3n) is 4.66. The summed E-state index contributed by atoms with van der Waals surface area (Å²) in [7, 11) is 0. The molecule has 2 rings (SSSR count). The van der Waals surface area contributed by atoms with Crippen LogP contribution >= 0.6 is 0 Å². The maximum atomic E-state index is 12.6. The molecular formula is C21H31N3O4. The van der Waals surface area contributed by atoms with E-state index in [1.165, 1.54) is 0 Å². The summed E-state index contributed by atoms with van der Waals surface area (Å²) >= 11 is 0. The lowest BCUT2D eigenvalue weighted by Gasteiger charge is -2.32. The molecule has 1 aromatic heterocycles. The van der Waals surface area contributed by atoms with Crippen molar-refractivity contribution in [2.75, 3.05) is 18.4 Å². The molecule has 154 valence electrons. The van der Waals surface area contributed by atoms with E-state index >= 15 is 0 Å². The number of amides is 2. The predicted octanol–water partition coefficient (Wildman–Crippen LogP) is 3.99. The second kappa shape index (κ2) is 8.71. The fourth-order valence-electron chi connectivity index (χ4n) is 3.18. The second-order valence-corrected chi connectivity index (χ2v) is 8.48. The van der Waals surface area contributed by atoms with Crippen LogP contribution in [0.5, 0.6) is 0 Å². The Hall–Kier alpha value is -2.44. The molecule has 1 aliphatic rings. The van der Waals surface area contributed by atoms with Crippen molar-refractivity contribution < 1.29 is 19.1 Å². The van der Waals surface area contributed by atoms with E-state index in [2.05, 4.69) is 10.3 Å². The van der Waals surface area contributed by atoms with Gasteiger partial charge in [-0.05, 0) is 45.7 Å². The number of carbonyl (C=O) groups excluding carboxylic acids is 3. The molecule has 7 heteroatoms. The molecule has 1 unspecified atom stereocenters. The Bertz CT molecular complexity index is 753. The molecule has 1 aliphatic heterocycles. The minimum Gasteiger partial charge on any atom is -0.444 e. The lowest BCUT2D eigenvalue weighted by Crippen LogP contribution is -2.38. The molecule has 1 fully saturated rings. The molecule has 1 aromatic rings. The van der Waals surface area contributed by atoms with Crippen LogP contribution < -0.4 is 5.32 Å². The molecule has 1 N–H and O–H groups in total. The number of pyridine rings is 1. The van der Waals surface area contributed by atoms with E-state index in [4.69, 9.17) is 4.74 Å². The molecule has 7 nitrogen and oxygen atoms in total. The van der Waals surface area contributed by atoms with Gasteiger partial charge in [0.1, 0.15) is 11.3 Å². The highest BCUT2D eigenvalue weighted by atomic mass is 16.6. The average Bonchev–Trinajstić information content (AvgIpc) is 2.59. The number of likely N-dealkylation sites (N-methyl/N-ethyl adjacent to an activating group) is 1. The maximum Gasteiger partial charge on any atom is 0.412 e. The van der Waals surface area contributed by atoms with Crippen molar-refractivity contribution in [3.8, 4) is 0 Å². The van der Waals surface area contributed by atoms with Crippen molar-refractivity contribution in [1.29, 1.82) is 0 Å². The standard InChI is InChI=1S/C21H31N3O4/c1-7-24-12-14(8-9-17(24)25)15-10-16(23-20(27)28-21(4,5)6)18(22-11-15)19(26)13(2)3/h10-11,13-14H,7-9,12H2,1-6H3,(H,23,27). The number of hydrogen-bond acceptors (Lipinski definition) is 5. The quantitative estimate of drug-likeness (QED) is 0.769. The van der Waals surface area contributed by atoms with Gasteiger partial charge in [-0.1, -0.05) is 13.8 Å². The largest absolute Gasteiger partial charge is 0.444 e. The van der Waals surface area contributed by atoms with Gasteiger partial charge < -0.3 is 9.64 Å². The van der Waals surface area contributed by atoms with Crippen molar-refractivity contribution in [2.24, 2.45) is 5.92 Å². The van der Waals surface area contributed by atoms with Crippen LogP contribution in [0.15, 0.2) is 12.3 Å². The number of nitrogens with one attached hydrogen (secondary N) is 1. The summed E-state index contributed by atoms with van der Waals surface area (Å²) in [6, 6.07) is 1.79. The molecular weight excluding hydrogens is 358 g/mol. The van der Waals surface area contributed by atoms with Crippen LogP contribution in [0.25, 0.3) is 0 Å². The van der Waals surface area contributed by atoms with Crippen molar-refractivity contribution in [1.82, 2.24) is 9.88 Å². The third kappa shape index (κ3) is 5.53. The van der Waals surface area contributed by atoms with E-state index in [9.17, 15) is 14.4 Å². The lowest BCUT2D eigenvalue weighted by molar-refractivity contribution is -0.133. The summed E-state index contributed by atoms with van der Waals surface area (Å²) < 4.78 is 5.33. The molecule has 0 radical (unpaired) electrons. The van der Waals surface area contributed by atoms with Crippen LogP contribution in [0.1, 0.15) is 76.4 Å². The minimum absolute atomic E-state index is 0.118. The van der Waals surface area contributed by atoms with Gasteiger partial charge in [-0.15, -0.1) is 0 Å². The van der Waals surface area contributed by atoms with Gasteiger partial charge in [-0.2, -0.15) is 0 Å². The van der Waals surface area contributed by atoms with Crippen molar-refractivity contribution in [2.45, 2.75) is 65.9 Å². The van der Waals surface area contributed by atoms with Crippen LogP contribution in [-0.4, -0.2) is 46.4 Å². The van der Waals surface area contributed by atoms with Crippen LogP contribution in [-0.2, 0) is 9.53 Å². The van der Waals surface area contributed by atoms with Gasteiger partial charge >= 0.3 is 6.09 Å². The van der Waals surface area contributed by atoms with Gasteiger partial charge in [-0.3, -0.25) is 19.9 Å². The summed E-state index contributed by atoms with van der Waals surface area (Å²) in [5.74, 6) is -0.120. The van der Waals surface area contributed by atoms with Gasteiger partial charge in [-0.25, -0.2) is 4.79 Å². The van der Waals surface area contributed by atoms with Gasteiger partial charge in [0.15, 0.2) is 5.78 Å². The molecule has 1 saturated heterocycles. The third-order valence-corrected chi connectivity index (χ3v) is 4.66. The van der Waals surface area contributed by atoms with E-state index in [0.717, 1.165) is 12.0 Å².